The lowest BCUT2D eigenvalue weighted by molar-refractivity contribution is 0.415. The van der Waals surface area contributed by atoms with Crippen molar-refractivity contribution >= 4 is 22.7 Å². The lowest BCUT2D eigenvalue weighted by Crippen LogP contribution is -2.01. The second-order valence-electron chi connectivity index (χ2n) is 5.75. The number of nitriles is 1. The van der Waals surface area contributed by atoms with Gasteiger partial charge in [-0.1, -0.05) is 6.07 Å². The number of benzene rings is 2. The number of nitrogens with one attached hydrogen (secondary N) is 1. The van der Waals surface area contributed by atoms with Gasteiger partial charge in [0.15, 0.2) is 10.7 Å². The van der Waals surface area contributed by atoms with Crippen molar-refractivity contribution in [1.82, 2.24) is 4.98 Å². The monoisotopic (exact) mass is 362 g/mol. The van der Waals surface area contributed by atoms with E-state index >= 15 is 0 Å². The highest BCUT2D eigenvalue weighted by atomic mass is 32.1. The SMILES string of the molecule is COc1ccc(-c2csc(C(C#N)=NNc3ccc(C)c(C)c3)n2)cc1. The van der Waals surface area contributed by atoms with Gasteiger partial charge in [-0.25, -0.2) is 4.98 Å². The van der Waals surface area contributed by atoms with Crippen LogP contribution in [-0.4, -0.2) is 17.8 Å². The molecule has 0 spiro atoms. The van der Waals surface area contributed by atoms with Gasteiger partial charge in [0, 0.05) is 10.9 Å². The van der Waals surface area contributed by atoms with E-state index in [0.29, 0.717) is 5.01 Å². The highest BCUT2D eigenvalue weighted by Crippen LogP contribution is 2.24. The number of ether oxygens (including phenoxy) is 1. The lowest BCUT2D eigenvalue weighted by atomic mass is 10.1. The molecule has 5 nitrogen and oxygen atoms in total. The zero-order valence-electron chi connectivity index (χ0n) is 14.8. The second-order valence-corrected chi connectivity index (χ2v) is 6.61. The van der Waals surface area contributed by atoms with Crippen molar-refractivity contribution in [1.29, 1.82) is 5.26 Å². The Labute approximate surface area is 156 Å². The van der Waals surface area contributed by atoms with Gasteiger partial charge in [0.2, 0.25) is 0 Å². The zero-order valence-corrected chi connectivity index (χ0v) is 15.6. The first-order valence-electron chi connectivity index (χ1n) is 8.02. The number of rotatable bonds is 5. The van der Waals surface area contributed by atoms with Gasteiger partial charge in [-0.3, -0.25) is 5.43 Å². The van der Waals surface area contributed by atoms with Crippen LogP contribution in [0.15, 0.2) is 52.9 Å². The van der Waals surface area contributed by atoms with Crippen LogP contribution in [0.4, 0.5) is 5.69 Å². The third-order valence-electron chi connectivity index (χ3n) is 4.00. The number of thiazole rings is 1. The van der Waals surface area contributed by atoms with Crippen molar-refractivity contribution < 1.29 is 4.74 Å². The van der Waals surface area contributed by atoms with Crippen LogP contribution in [0.25, 0.3) is 11.3 Å². The predicted octanol–water partition coefficient (Wildman–Crippen LogP) is 4.78. The fourth-order valence-corrected chi connectivity index (χ4v) is 3.09. The Hall–Kier alpha value is -3.17. The molecule has 6 heteroatoms. The van der Waals surface area contributed by atoms with E-state index in [1.807, 2.05) is 54.8 Å². The van der Waals surface area contributed by atoms with E-state index in [-0.39, 0.29) is 5.71 Å². The van der Waals surface area contributed by atoms with E-state index in [1.54, 1.807) is 7.11 Å². The van der Waals surface area contributed by atoms with Crippen molar-refractivity contribution in [3.8, 4) is 23.1 Å². The molecule has 0 amide bonds. The van der Waals surface area contributed by atoms with Gasteiger partial charge < -0.3 is 4.74 Å². The molecule has 1 heterocycles. The third kappa shape index (κ3) is 3.90. The Morgan fingerprint density at radius 2 is 1.92 bits per heavy atom. The van der Waals surface area contributed by atoms with Gasteiger partial charge in [-0.2, -0.15) is 10.4 Å². The van der Waals surface area contributed by atoms with E-state index < -0.39 is 0 Å². The van der Waals surface area contributed by atoms with E-state index in [1.165, 1.54) is 22.5 Å². The topological polar surface area (TPSA) is 70.3 Å². The van der Waals surface area contributed by atoms with Crippen molar-refractivity contribution in [2.45, 2.75) is 13.8 Å². The molecule has 1 N–H and O–H groups in total. The quantitative estimate of drug-likeness (QED) is 0.524. The first-order valence-corrected chi connectivity index (χ1v) is 8.90. The smallest absolute Gasteiger partial charge is 0.196 e. The fourth-order valence-electron chi connectivity index (χ4n) is 2.33. The Balaban J connectivity index is 1.81. The highest BCUT2D eigenvalue weighted by Gasteiger charge is 2.11. The van der Waals surface area contributed by atoms with E-state index in [4.69, 9.17) is 4.74 Å². The van der Waals surface area contributed by atoms with Crippen LogP contribution in [0.5, 0.6) is 5.75 Å². The minimum absolute atomic E-state index is 0.257. The van der Waals surface area contributed by atoms with Gasteiger partial charge >= 0.3 is 0 Å². The summed E-state index contributed by atoms with van der Waals surface area (Å²) < 4.78 is 5.17. The van der Waals surface area contributed by atoms with Crippen molar-refractivity contribution in [2.24, 2.45) is 5.10 Å². The lowest BCUT2D eigenvalue weighted by Gasteiger charge is -2.04. The van der Waals surface area contributed by atoms with E-state index in [2.05, 4.69) is 28.5 Å². The molecule has 1 aromatic heterocycles. The summed E-state index contributed by atoms with van der Waals surface area (Å²) in [6.45, 7) is 4.09. The van der Waals surface area contributed by atoms with Gasteiger partial charge in [-0.05, 0) is 61.4 Å². The molecule has 0 fully saturated rings. The van der Waals surface area contributed by atoms with Crippen LogP contribution in [-0.2, 0) is 0 Å². The molecular weight excluding hydrogens is 344 g/mol. The summed E-state index contributed by atoms with van der Waals surface area (Å²) in [5.74, 6) is 0.793. The maximum Gasteiger partial charge on any atom is 0.196 e. The molecule has 130 valence electrons. The summed E-state index contributed by atoms with van der Waals surface area (Å²) in [6, 6.07) is 15.7. The van der Waals surface area contributed by atoms with Crippen LogP contribution in [0.2, 0.25) is 0 Å². The average molecular weight is 362 g/mol. The van der Waals surface area contributed by atoms with E-state index in [0.717, 1.165) is 22.7 Å². The normalized spacial score (nSPS) is 11.1. The van der Waals surface area contributed by atoms with Gasteiger partial charge in [0.05, 0.1) is 18.5 Å². The highest BCUT2D eigenvalue weighted by molar-refractivity contribution is 7.12. The molecule has 0 saturated heterocycles. The summed E-state index contributed by atoms with van der Waals surface area (Å²) in [7, 11) is 1.63. The Bertz CT molecular complexity index is 984. The molecule has 0 radical (unpaired) electrons. The molecule has 0 bridgehead atoms. The number of nitrogens with zero attached hydrogens (tertiary/aromatic N) is 3. The molecule has 0 unspecified atom stereocenters. The largest absolute Gasteiger partial charge is 0.497 e. The van der Waals surface area contributed by atoms with Gasteiger partial charge in [0.25, 0.3) is 0 Å². The molecule has 0 aliphatic rings. The molecular formula is C20H18N4OS. The van der Waals surface area contributed by atoms with Crippen LogP contribution in [0.1, 0.15) is 16.1 Å². The minimum Gasteiger partial charge on any atom is -0.497 e. The van der Waals surface area contributed by atoms with E-state index in [9.17, 15) is 5.26 Å². The standard InChI is InChI=1S/C20H18N4OS/c1-13-4-7-16(10-14(13)2)23-24-18(11-21)20-22-19(12-26-20)15-5-8-17(25-3)9-6-15/h4-10,12,23H,1-3H3. The van der Waals surface area contributed by atoms with Crippen molar-refractivity contribution in [3.63, 3.8) is 0 Å². The Morgan fingerprint density at radius 1 is 1.15 bits per heavy atom. The number of aryl methyl sites for hydroxylation is 2. The summed E-state index contributed by atoms with van der Waals surface area (Å²) in [5, 5.41) is 16.2. The van der Waals surface area contributed by atoms with Gasteiger partial charge in [-0.15, -0.1) is 11.3 Å². The summed E-state index contributed by atoms with van der Waals surface area (Å²) in [5.41, 5.74) is 8.19. The number of hydrogen-bond donors (Lipinski definition) is 1. The second kappa shape index (κ2) is 7.81. The Kier molecular flexibility index (Phi) is 5.30. The fraction of sp³-hybridized carbons (Fsp3) is 0.150. The number of anilines is 1. The minimum atomic E-state index is 0.257. The first-order chi connectivity index (χ1) is 12.6. The molecule has 3 aromatic rings. The third-order valence-corrected chi connectivity index (χ3v) is 4.85. The van der Waals surface area contributed by atoms with Crippen LogP contribution >= 0.6 is 11.3 Å². The summed E-state index contributed by atoms with van der Waals surface area (Å²) in [4.78, 5) is 4.54. The molecule has 2 aromatic carbocycles. The zero-order chi connectivity index (χ0) is 18.5. The molecule has 26 heavy (non-hydrogen) atoms. The number of hydrogen-bond acceptors (Lipinski definition) is 6. The average Bonchev–Trinajstić information content (AvgIpc) is 3.15. The number of methoxy groups -OCH3 is 1. The van der Waals surface area contributed by atoms with Crippen molar-refractivity contribution in [2.75, 3.05) is 12.5 Å². The maximum absolute atomic E-state index is 9.43. The van der Waals surface area contributed by atoms with Crippen LogP contribution < -0.4 is 10.2 Å². The van der Waals surface area contributed by atoms with Crippen LogP contribution in [0, 0.1) is 25.2 Å². The number of aromatic nitrogens is 1. The maximum atomic E-state index is 9.43. The molecule has 0 aliphatic carbocycles. The number of hydrazone groups is 1. The summed E-state index contributed by atoms with van der Waals surface area (Å²) in [6.07, 6.45) is 0. The first kappa shape index (κ1) is 17.6. The molecule has 0 aliphatic heterocycles. The Morgan fingerprint density at radius 3 is 2.58 bits per heavy atom. The predicted molar refractivity (Wildman–Crippen MR) is 106 cm³/mol. The van der Waals surface area contributed by atoms with Crippen molar-refractivity contribution in [3.05, 3.63) is 64.0 Å². The van der Waals surface area contributed by atoms with Crippen LogP contribution in [0.3, 0.4) is 0 Å². The molecule has 3 rings (SSSR count). The molecule has 0 saturated carbocycles. The molecule has 0 atom stereocenters. The van der Waals surface area contributed by atoms with Gasteiger partial charge in [0.1, 0.15) is 11.8 Å². The summed E-state index contributed by atoms with van der Waals surface area (Å²) >= 11 is 1.39.